The Morgan fingerprint density at radius 1 is 1.26 bits per heavy atom. The Morgan fingerprint density at radius 2 is 2.11 bits per heavy atom. The van der Waals surface area contributed by atoms with Crippen molar-refractivity contribution in [1.29, 1.82) is 0 Å². The third-order valence-electron chi connectivity index (χ3n) is 3.04. The number of benzene rings is 1. The summed E-state index contributed by atoms with van der Waals surface area (Å²) in [5.41, 5.74) is 1.09. The largest absolute Gasteiger partial charge is 0.383 e. The maximum atomic E-state index is 6.17. The van der Waals surface area contributed by atoms with Gasteiger partial charge in [-0.2, -0.15) is 0 Å². The lowest BCUT2D eigenvalue weighted by Gasteiger charge is -2.07. The number of hydrogen-bond donors (Lipinski definition) is 1. The number of hydrogen-bond acceptors (Lipinski definition) is 2. The van der Waals surface area contributed by atoms with E-state index in [9.17, 15) is 0 Å². The first-order chi connectivity index (χ1) is 9.22. The van der Waals surface area contributed by atoms with E-state index in [2.05, 4.69) is 16.1 Å². The fourth-order valence-electron chi connectivity index (χ4n) is 2.09. The van der Waals surface area contributed by atoms with Crippen molar-refractivity contribution in [2.75, 3.05) is 26.8 Å². The average Bonchev–Trinajstić information content (AvgIpc) is 2.77. The van der Waals surface area contributed by atoms with E-state index in [-0.39, 0.29) is 0 Å². The number of aryl methyl sites for hydroxylation is 1. The van der Waals surface area contributed by atoms with Crippen molar-refractivity contribution in [1.82, 2.24) is 9.88 Å². The summed E-state index contributed by atoms with van der Waals surface area (Å²) in [6.07, 6.45) is 3.11. The Bertz CT molecular complexity index is 539. The van der Waals surface area contributed by atoms with E-state index in [1.807, 2.05) is 12.1 Å². The smallest absolute Gasteiger partial charge is 0.0587 e. The maximum absolute atomic E-state index is 6.17. The van der Waals surface area contributed by atoms with Crippen LogP contribution < -0.4 is 5.32 Å². The predicted molar refractivity (Wildman–Crippen MR) is 81.3 cm³/mol. The Labute approximate surface area is 123 Å². The molecule has 1 aromatic heterocycles. The van der Waals surface area contributed by atoms with Crippen LogP contribution in [0.4, 0.5) is 0 Å². The summed E-state index contributed by atoms with van der Waals surface area (Å²) in [5.74, 6) is 0. The fourth-order valence-corrected chi connectivity index (χ4v) is 2.63. The van der Waals surface area contributed by atoms with E-state index >= 15 is 0 Å². The number of aromatic nitrogens is 1. The molecule has 0 amide bonds. The number of nitrogens with zero attached hydrogens (tertiary/aromatic N) is 1. The van der Waals surface area contributed by atoms with Gasteiger partial charge in [-0.05, 0) is 31.2 Å². The standard InChI is InChI=1S/C14H18Cl2N2O/c1-19-8-5-17-4-2-6-18-7-3-12-13(16)9-11(15)10-14(12)18/h3,7,9-10,17H,2,4-6,8H2,1H3. The van der Waals surface area contributed by atoms with E-state index in [4.69, 9.17) is 27.9 Å². The van der Waals surface area contributed by atoms with Gasteiger partial charge >= 0.3 is 0 Å². The van der Waals surface area contributed by atoms with Crippen molar-refractivity contribution in [2.24, 2.45) is 0 Å². The Kier molecular flexibility index (Phi) is 5.52. The molecule has 0 aliphatic rings. The second-order valence-corrected chi connectivity index (χ2v) is 5.27. The van der Waals surface area contributed by atoms with Crippen molar-refractivity contribution < 1.29 is 4.74 Å². The highest BCUT2D eigenvalue weighted by Crippen LogP contribution is 2.28. The second-order valence-electron chi connectivity index (χ2n) is 4.43. The molecule has 19 heavy (non-hydrogen) atoms. The SMILES string of the molecule is COCCNCCCn1ccc2c(Cl)cc(Cl)cc21. The zero-order valence-corrected chi connectivity index (χ0v) is 12.5. The second kappa shape index (κ2) is 7.15. The van der Waals surface area contributed by atoms with Crippen LogP contribution in [0.2, 0.25) is 10.0 Å². The number of methoxy groups -OCH3 is 1. The highest BCUT2D eigenvalue weighted by atomic mass is 35.5. The van der Waals surface area contributed by atoms with Gasteiger partial charge in [-0.3, -0.25) is 0 Å². The summed E-state index contributed by atoms with van der Waals surface area (Å²) in [7, 11) is 1.71. The monoisotopic (exact) mass is 300 g/mol. The van der Waals surface area contributed by atoms with E-state index < -0.39 is 0 Å². The van der Waals surface area contributed by atoms with Gasteiger partial charge in [0.1, 0.15) is 0 Å². The lowest BCUT2D eigenvalue weighted by Crippen LogP contribution is -2.21. The maximum Gasteiger partial charge on any atom is 0.0587 e. The van der Waals surface area contributed by atoms with Gasteiger partial charge in [0.2, 0.25) is 0 Å². The van der Waals surface area contributed by atoms with Crippen LogP contribution >= 0.6 is 23.2 Å². The molecule has 0 saturated heterocycles. The van der Waals surface area contributed by atoms with Gasteiger partial charge in [0.25, 0.3) is 0 Å². The number of halogens is 2. The molecule has 0 bridgehead atoms. The van der Waals surface area contributed by atoms with Crippen LogP contribution in [-0.2, 0) is 11.3 Å². The Balaban J connectivity index is 1.94. The molecule has 0 spiro atoms. The zero-order chi connectivity index (χ0) is 13.7. The fraction of sp³-hybridized carbons (Fsp3) is 0.429. The average molecular weight is 301 g/mol. The highest BCUT2D eigenvalue weighted by molar-refractivity contribution is 6.38. The molecular weight excluding hydrogens is 283 g/mol. The topological polar surface area (TPSA) is 26.2 Å². The van der Waals surface area contributed by atoms with Crippen molar-refractivity contribution in [3.05, 3.63) is 34.4 Å². The van der Waals surface area contributed by atoms with Crippen LogP contribution in [0.25, 0.3) is 10.9 Å². The van der Waals surface area contributed by atoms with Crippen LogP contribution in [0, 0.1) is 0 Å². The summed E-state index contributed by atoms with van der Waals surface area (Å²) in [6.45, 7) is 3.55. The molecule has 0 radical (unpaired) electrons. The molecule has 0 fully saturated rings. The third kappa shape index (κ3) is 3.86. The first kappa shape index (κ1) is 14.7. The summed E-state index contributed by atoms with van der Waals surface area (Å²) in [5, 5.41) is 5.77. The van der Waals surface area contributed by atoms with Crippen LogP contribution in [0.5, 0.6) is 0 Å². The number of rotatable bonds is 7. The van der Waals surface area contributed by atoms with Gasteiger partial charge in [-0.25, -0.2) is 0 Å². The van der Waals surface area contributed by atoms with E-state index in [1.54, 1.807) is 13.2 Å². The van der Waals surface area contributed by atoms with E-state index in [0.29, 0.717) is 10.0 Å². The first-order valence-corrected chi connectivity index (χ1v) is 7.11. The van der Waals surface area contributed by atoms with Crippen LogP contribution in [0.15, 0.2) is 24.4 Å². The summed E-state index contributed by atoms with van der Waals surface area (Å²) in [4.78, 5) is 0. The summed E-state index contributed by atoms with van der Waals surface area (Å²) in [6, 6.07) is 5.77. The molecule has 0 unspecified atom stereocenters. The van der Waals surface area contributed by atoms with Crippen molar-refractivity contribution >= 4 is 34.1 Å². The molecular formula is C14H18Cl2N2O. The Morgan fingerprint density at radius 3 is 2.89 bits per heavy atom. The summed E-state index contributed by atoms with van der Waals surface area (Å²) < 4.78 is 7.17. The molecule has 5 heteroatoms. The van der Waals surface area contributed by atoms with Crippen molar-refractivity contribution in [3.8, 4) is 0 Å². The summed E-state index contributed by atoms with van der Waals surface area (Å²) >= 11 is 12.2. The third-order valence-corrected chi connectivity index (χ3v) is 3.57. The van der Waals surface area contributed by atoms with Crippen LogP contribution in [0.3, 0.4) is 0 Å². The molecule has 2 rings (SSSR count). The molecule has 3 nitrogen and oxygen atoms in total. The number of nitrogens with one attached hydrogen (secondary N) is 1. The molecule has 1 aromatic carbocycles. The van der Waals surface area contributed by atoms with Gasteiger partial charge < -0.3 is 14.6 Å². The van der Waals surface area contributed by atoms with E-state index in [1.165, 1.54) is 0 Å². The van der Waals surface area contributed by atoms with Gasteiger partial charge in [0, 0.05) is 36.8 Å². The minimum atomic E-state index is 0.677. The molecule has 104 valence electrons. The lowest BCUT2D eigenvalue weighted by atomic mass is 10.2. The normalized spacial score (nSPS) is 11.3. The van der Waals surface area contributed by atoms with Crippen molar-refractivity contribution in [2.45, 2.75) is 13.0 Å². The molecule has 0 aliphatic carbocycles. The molecule has 1 N–H and O–H groups in total. The predicted octanol–water partition coefficient (Wildman–Crippen LogP) is 3.57. The molecule has 2 aromatic rings. The van der Waals surface area contributed by atoms with E-state index in [0.717, 1.165) is 43.6 Å². The lowest BCUT2D eigenvalue weighted by molar-refractivity contribution is 0.199. The minimum Gasteiger partial charge on any atom is -0.383 e. The molecule has 0 atom stereocenters. The Hall–Kier alpha value is -0.740. The van der Waals surface area contributed by atoms with Crippen molar-refractivity contribution in [3.63, 3.8) is 0 Å². The number of ether oxygens (including phenoxy) is 1. The van der Waals surface area contributed by atoms with Gasteiger partial charge in [0.15, 0.2) is 0 Å². The van der Waals surface area contributed by atoms with Gasteiger partial charge in [0.05, 0.1) is 17.1 Å². The van der Waals surface area contributed by atoms with Crippen LogP contribution in [0.1, 0.15) is 6.42 Å². The molecule has 0 aliphatic heterocycles. The zero-order valence-electron chi connectivity index (χ0n) is 11.0. The van der Waals surface area contributed by atoms with Crippen LogP contribution in [-0.4, -0.2) is 31.4 Å². The molecule has 1 heterocycles. The molecule has 0 saturated carbocycles. The van der Waals surface area contributed by atoms with Gasteiger partial charge in [-0.1, -0.05) is 23.2 Å². The highest BCUT2D eigenvalue weighted by Gasteiger charge is 2.06. The van der Waals surface area contributed by atoms with Gasteiger partial charge in [-0.15, -0.1) is 0 Å². The number of fused-ring (bicyclic) bond motifs is 1. The minimum absolute atomic E-state index is 0.677. The first-order valence-electron chi connectivity index (χ1n) is 6.36. The quantitative estimate of drug-likeness (QED) is 0.791.